The van der Waals surface area contributed by atoms with Crippen LogP contribution in [0.4, 0.5) is 0 Å². The lowest BCUT2D eigenvalue weighted by Gasteiger charge is -2.10. The van der Waals surface area contributed by atoms with Gasteiger partial charge in [-0.2, -0.15) is 0 Å². The van der Waals surface area contributed by atoms with Crippen LogP contribution < -0.4 is 4.74 Å². The fourth-order valence-corrected chi connectivity index (χ4v) is 1.83. The zero-order chi connectivity index (χ0) is 14.5. The number of hydrogen-bond acceptors (Lipinski definition) is 3. The number of pyridine rings is 1. The molecule has 1 aromatic carbocycles. The van der Waals surface area contributed by atoms with Crippen LogP contribution in [0, 0.1) is 0 Å². The van der Waals surface area contributed by atoms with E-state index in [9.17, 15) is 4.79 Å². The van der Waals surface area contributed by atoms with Gasteiger partial charge in [-0.3, -0.25) is 4.98 Å². The molecule has 0 saturated heterocycles. The first kappa shape index (κ1) is 14.1. The van der Waals surface area contributed by atoms with Crippen molar-refractivity contribution in [3.8, 4) is 5.75 Å². The first-order valence-corrected chi connectivity index (χ1v) is 6.47. The molecule has 2 aromatic rings. The molecular weight excluding hydrogens is 254 g/mol. The van der Waals surface area contributed by atoms with Gasteiger partial charge in [0.15, 0.2) is 5.75 Å². The molecule has 4 heteroatoms. The molecule has 1 aromatic heterocycles. The van der Waals surface area contributed by atoms with Crippen LogP contribution in [0.2, 0.25) is 0 Å². The summed E-state index contributed by atoms with van der Waals surface area (Å²) in [5.74, 6) is -0.243. The molecule has 0 fully saturated rings. The van der Waals surface area contributed by atoms with E-state index in [0.717, 1.165) is 5.56 Å². The Balaban J connectivity index is 2.07. The zero-order valence-corrected chi connectivity index (χ0v) is 11.5. The molecule has 104 valence electrons. The molecule has 1 heterocycles. The monoisotopic (exact) mass is 271 g/mol. The quantitative estimate of drug-likeness (QED) is 0.904. The number of aromatic nitrogens is 1. The van der Waals surface area contributed by atoms with Crippen LogP contribution in [0.15, 0.2) is 42.7 Å². The minimum atomic E-state index is -1.02. The van der Waals surface area contributed by atoms with E-state index in [-0.39, 0.29) is 11.3 Å². The smallest absolute Gasteiger partial charge is 0.339 e. The van der Waals surface area contributed by atoms with E-state index in [0.29, 0.717) is 12.5 Å². The number of ether oxygens (including phenoxy) is 1. The van der Waals surface area contributed by atoms with E-state index in [2.05, 4.69) is 31.0 Å². The molecule has 2 rings (SSSR count). The Morgan fingerprint density at radius 1 is 1.25 bits per heavy atom. The lowest BCUT2D eigenvalue weighted by molar-refractivity contribution is 0.0691. The number of benzene rings is 1. The molecular formula is C16H17NO3. The van der Waals surface area contributed by atoms with Crippen LogP contribution >= 0.6 is 0 Å². The fourth-order valence-electron chi connectivity index (χ4n) is 1.83. The molecule has 0 aliphatic heterocycles. The Morgan fingerprint density at radius 2 is 1.95 bits per heavy atom. The number of carboxylic acids is 1. The number of rotatable bonds is 5. The standard InChI is InChI=1S/C16H17NO3/c1-11(2)13-5-3-12(4-6-13)10-20-15-9-17-8-7-14(15)16(18)19/h3-9,11H,10H2,1-2H3,(H,18,19). The lowest BCUT2D eigenvalue weighted by atomic mass is 10.0. The van der Waals surface area contributed by atoms with E-state index in [4.69, 9.17) is 9.84 Å². The summed E-state index contributed by atoms with van der Waals surface area (Å²) in [5.41, 5.74) is 2.38. The van der Waals surface area contributed by atoms with Gasteiger partial charge in [0.2, 0.25) is 0 Å². The average molecular weight is 271 g/mol. The molecule has 0 radical (unpaired) electrons. The van der Waals surface area contributed by atoms with Gasteiger partial charge in [-0.25, -0.2) is 4.79 Å². The summed E-state index contributed by atoms with van der Waals surface area (Å²) in [6.07, 6.45) is 2.86. The predicted molar refractivity (Wildman–Crippen MR) is 76.1 cm³/mol. The molecule has 4 nitrogen and oxygen atoms in total. The summed E-state index contributed by atoms with van der Waals surface area (Å²) in [6.45, 7) is 4.60. The van der Waals surface area contributed by atoms with Crippen LogP contribution in [0.25, 0.3) is 0 Å². The van der Waals surface area contributed by atoms with Crippen LogP contribution in [-0.2, 0) is 6.61 Å². The van der Waals surface area contributed by atoms with Crippen molar-refractivity contribution in [2.24, 2.45) is 0 Å². The molecule has 1 N–H and O–H groups in total. The van der Waals surface area contributed by atoms with Gasteiger partial charge in [0.25, 0.3) is 0 Å². The van der Waals surface area contributed by atoms with Crippen molar-refractivity contribution in [3.63, 3.8) is 0 Å². The summed E-state index contributed by atoms with van der Waals surface area (Å²) < 4.78 is 5.54. The minimum Gasteiger partial charge on any atom is -0.486 e. The van der Waals surface area contributed by atoms with E-state index >= 15 is 0 Å². The maximum Gasteiger partial charge on any atom is 0.339 e. The Kier molecular flexibility index (Phi) is 4.35. The van der Waals surface area contributed by atoms with Gasteiger partial charge in [-0.1, -0.05) is 38.1 Å². The summed E-state index contributed by atoms with van der Waals surface area (Å²) in [5, 5.41) is 9.05. The third kappa shape index (κ3) is 3.35. The maximum atomic E-state index is 11.0. The van der Waals surface area contributed by atoms with Crippen LogP contribution in [0.3, 0.4) is 0 Å². The van der Waals surface area contributed by atoms with Gasteiger partial charge < -0.3 is 9.84 Å². The zero-order valence-electron chi connectivity index (χ0n) is 11.5. The number of carbonyl (C=O) groups is 1. The maximum absolute atomic E-state index is 11.0. The van der Waals surface area contributed by atoms with Crippen molar-refractivity contribution in [3.05, 3.63) is 59.4 Å². The normalized spacial score (nSPS) is 10.6. The molecule has 0 aliphatic rings. The lowest BCUT2D eigenvalue weighted by Crippen LogP contribution is -2.04. The van der Waals surface area contributed by atoms with Crippen molar-refractivity contribution in [1.82, 2.24) is 4.98 Å². The first-order valence-electron chi connectivity index (χ1n) is 6.47. The second kappa shape index (κ2) is 6.19. The third-order valence-corrected chi connectivity index (χ3v) is 3.06. The fraction of sp³-hybridized carbons (Fsp3) is 0.250. The van der Waals surface area contributed by atoms with Crippen molar-refractivity contribution >= 4 is 5.97 Å². The van der Waals surface area contributed by atoms with E-state index in [1.54, 1.807) is 0 Å². The Labute approximate surface area is 118 Å². The third-order valence-electron chi connectivity index (χ3n) is 3.06. The molecule has 0 amide bonds. The number of nitrogens with zero attached hydrogens (tertiary/aromatic N) is 1. The number of aromatic carboxylic acids is 1. The summed E-state index contributed by atoms with van der Waals surface area (Å²) in [6, 6.07) is 9.53. The highest BCUT2D eigenvalue weighted by molar-refractivity contribution is 5.90. The summed E-state index contributed by atoms with van der Waals surface area (Å²) in [4.78, 5) is 14.9. The Hall–Kier alpha value is -2.36. The van der Waals surface area contributed by atoms with Crippen molar-refractivity contribution in [2.45, 2.75) is 26.4 Å². The Morgan fingerprint density at radius 3 is 2.55 bits per heavy atom. The van der Waals surface area contributed by atoms with Crippen LogP contribution in [0.1, 0.15) is 41.3 Å². The number of hydrogen-bond donors (Lipinski definition) is 1. The van der Waals surface area contributed by atoms with Gasteiger partial charge in [-0.05, 0) is 23.1 Å². The van der Waals surface area contributed by atoms with E-state index < -0.39 is 5.97 Å². The SMILES string of the molecule is CC(C)c1ccc(COc2cnccc2C(=O)O)cc1. The van der Waals surface area contributed by atoms with Crippen LogP contribution in [0.5, 0.6) is 5.75 Å². The second-order valence-corrected chi connectivity index (χ2v) is 4.86. The molecule has 20 heavy (non-hydrogen) atoms. The number of carboxylic acid groups (broad SMARTS) is 1. The van der Waals surface area contributed by atoms with E-state index in [1.807, 2.05) is 12.1 Å². The van der Waals surface area contributed by atoms with Crippen molar-refractivity contribution < 1.29 is 14.6 Å². The minimum absolute atomic E-state index is 0.124. The highest BCUT2D eigenvalue weighted by Crippen LogP contribution is 2.19. The van der Waals surface area contributed by atoms with Gasteiger partial charge in [0.1, 0.15) is 12.2 Å². The average Bonchev–Trinajstić information content (AvgIpc) is 2.45. The molecule has 0 spiro atoms. The van der Waals surface area contributed by atoms with Crippen molar-refractivity contribution in [2.75, 3.05) is 0 Å². The second-order valence-electron chi connectivity index (χ2n) is 4.86. The highest BCUT2D eigenvalue weighted by atomic mass is 16.5. The Bertz CT molecular complexity index is 591. The van der Waals surface area contributed by atoms with Crippen LogP contribution in [-0.4, -0.2) is 16.1 Å². The van der Waals surface area contributed by atoms with Crippen molar-refractivity contribution in [1.29, 1.82) is 0 Å². The predicted octanol–water partition coefficient (Wildman–Crippen LogP) is 3.48. The van der Waals surface area contributed by atoms with E-state index in [1.165, 1.54) is 24.0 Å². The molecule has 0 unspecified atom stereocenters. The van der Waals surface area contributed by atoms with Gasteiger partial charge in [-0.15, -0.1) is 0 Å². The van der Waals surface area contributed by atoms with Gasteiger partial charge in [0, 0.05) is 6.20 Å². The van der Waals surface area contributed by atoms with Gasteiger partial charge >= 0.3 is 5.97 Å². The molecule has 0 atom stereocenters. The highest BCUT2D eigenvalue weighted by Gasteiger charge is 2.10. The first-order chi connectivity index (χ1) is 9.58. The molecule has 0 saturated carbocycles. The molecule has 0 bridgehead atoms. The summed E-state index contributed by atoms with van der Waals surface area (Å²) >= 11 is 0. The topological polar surface area (TPSA) is 59.4 Å². The van der Waals surface area contributed by atoms with Gasteiger partial charge in [0.05, 0.1) is 6.20 Å². The molecule has 0 aliphatic carbocycles. The summed E-state index contributed by atoms with van der Waals surface area (Å²) in [7, 11) is 0. The largest absolute Gasteiger partial charge is 0.486 e.